The molecule has 2 rings (SSSR count). The van der Waals surface area contributed by atoms with Crippen LogP contribution in [-0.4, -0.2) is 18.2 Å². The maximum atomic E-state index is 11.4. The van der Waals surface area contributed by atoms with Crippen LogP contribution in [0.5, 0.6) is 0 Å². The molecule has 1 N–H and O–H groups in total. The summed E-state index contributed by atoms with van der Waals surface area (Å²) >= 11 is 1.73. The molecule has 0 spiro atoms. The van der Waals surface area contributed by atoms with E-state index in [1.165, 1.54) is 16.9 Å². The van der Waals surface area contributed by atoms with Crippen molar-refractivity contribution in [1.82, 2.24) is 0 Å². The minimum atomic E-state index is -0.308. The number of methoxy groups -OCH3 is 1. The van der Waals surface area contributed by atoms with Crippen LogP contribution in [0.15, 0.2) is 6.07 Å². The summed E-state index contributed by atoms with van der Waals surface area (Å²) in [6.45, 7) is 1.88. The summed E-state index contributed by atoms with van der Waals surface area (Å²) in [4.78, 5) is 13.8. The second-order valence-electron chi connectivity index (χ2n) is 4.63. The highest BCUT2D eigenvalue weighted by molar-refractivity contribution is 7.12. The highest BCUT2D eigenvalue weighted by Crippen LogP contribution is 2.36. The van der Waals surface area contributed by atoms with Crippen LogP contribution < -0.4 is 0 Å². The second kappa shape index (κ2) is 5.19. The quantitative estimate of drug-likeness (QED) is 0.843. The number of esters is 1. The van der Waals surface area contributed by atoms with Gasteiger partial charge in [-0.2, -0.15) is 0 Å². The van der Waals surface area contributed by atoms with Gasteiger partial charge in [0.1, 0.15) is 0 Å². The number of aliphatic hydroxyl groups excluding tert-OH is 1. The maximum absolute atomic E-state index is 11.4. The molecule has 0 saturated carbocycles. The molecule has 1 aliphatic carbocycles. The molecule has 0 aliphatic heterocycles. The van der Waals surface area contributed by atoms with Crippen molar-refractivity contribution in [2.45, 2.75) is 38.7 Å². The molecular weight excluding hydrogens is 236 g/mol. The standard InChI is InChI=1S/C13H18O3S/c1-8(13(15)16-2)6-9-7-10-11(14)4-3-5-12(10)17-9/h7-8,11,14H,3-6H2,1-2H3. The Morgan fingerprint density at radius 1 is 1.71 bits per heavy atom. The van der Waals surface area contributed by atoms with Gasteiger partial charge in [-0.15, -0.1) is 11.3 Å². The summed E-state index contributed by atoms with van der Waals surface area (Å²) in [5.41, 5.74) is 1.08. The number of carbonyl (C=O) groups excluding carboxylic acids is 1. The average Bonchev–Trinajstić information content (AvgIpc) is 2.72. The van der Waals surface area contributed by atoms with E-state index in [0.717, 1.165) is 24.8 Å². The fourth-order valence-corrected chi connectivity index (χ4v) is 3.67. The normalized spacial score (nSPS) is 20.8. The van der Waals surface area contributed by atoms with E-state index in [4.69, 9.17) is 4.74 Å². The first-order valence-electron chi connectivity index (χ1n) is 5.99. The van der Waals surface area contributed by atoms with Crippen molar-refractivity contribution >= 4 is 17.3 Å². The molecule has 3 nitrogen and oxygen atoms in total. The third-order valence-corrected chi connectivity index (χ3v) is 4.48. The maximum Gasteiger partial charge on any atom is 0.308 e. The molecule has 0 aromatic carbocycles. The van der Waals surface area contributed by atoms with Crippen LogP contribution in [0.2, 0.25) is 0 Å². The monoisotopic (exact) mass is 254 g/mol. The van der Waals surface area contributed by atoms with Crippen LogP contribution in [0, 0.1) is 5.92 Å². The van der Waals surface area contributed by atoms with Crippen LogP contribution in [0.3, 0.4) is 0 Å². The molecule has 94 valence electrons. The molecule has 1 heterocycles. The molecule has 17 heavy (non-hydrogen) atoms. The van der Waals surface area contributed by atoms with Crippen molar-refractivity contribution in [2.24, 2.45) is 5.92 Å². The van der Waals surface area contributed by atoms with Crippen molar-refractivity contribution < 1.29 is 14.6 Å². The lowest BCUT2D eigenvalue weighted by Gasteiger charge is -2.16. The number of rotatable bonds is 3. The first kappa shape index (κ1) is 12.6. The van der Waals surface area contributed by atoms with Crippen molar-refractivity contribution in [1.29, 1.82) is 0 Å². The Hall–Kier alpha value is -0.870. The summed E-state index contributed by atoms with van der Waals surface area (Å²) in [6.07, 6.45) is 3.37. The lowest BCUT2D eigenvalue weighted by atomic mass is 9.95. The molecular formula is C13H18O3S. The molecule has 2 unspecified atom stereocenters. The molecule has 0 amide bonds. The zero-order chi connectivity index (χ0) is 12.4. The molecule has 2 atom stereocenters. The topological polar surface area (TPSA) is 46.5 Å². The predicted octanol–water partition coefficient (Wildman–Crippen LogP) is 2.47. The first-order chi connectivity index (χ1) is 8.11. The molecule has 1 aliphatic rings. The highest BCUT2D eigenvalue weighted by Gasteiger charge is 2.22. The zero-order valence-corrected chi connectivity index (χ0v) is 11.0. The van der Waals surface area contributed by atoms with Gasteiger partial charge in [-0.1, -0.05) is 6.92 Å². The summed E-state index contributed by atoms with van der Waals surface area (Å²) in [5, 5.41) is 9.88. The minimum Gasteiger partial charge on any atom is -0.469 e. The Kier molecular flexibility index (Phi) is 3.84. The Morgan fingerprint density at radius 2 is 2.47 bits per heavy atom. The van der Waals surface area contributed by atoms with Crippen molar-refractivity contribution in [2.75, 3.05) is 7.11 Å². The van der Waals surface area contributed by atoms with Gasteiger partial charge in [0.15, 0.2) is 0 Å². The van der Waals surface area contributed by atoms with Gasteiger partial charge >= 0.3 is 5.97 Å². The van der Waals surface area contributed by atoms with Crippen LogP contribution in [0.25, 0.3) is 0 Å². The average molecular weight is 254 g/mol. The summed E-state index contributed by atoms with van der Waals surface area (Å²) in [5.74, 6) is -0.283. The van der Waals surface area contributed by atoms with Gasteiger partial charge in [0.2, 0.25) is 0 Å². The Morgan fingerprint density at radius 3 is 3.12 bits per heavy atom. The SMILES string of the molecule is COC(=O)C(C)Cc1cc2c(s1)CCCC2O. The van der Waals surface area contributed by atoms with Gasteiger partial charge in [0.05, 0.1) is 19.1 Å². The van der Waals surface area contributed by atoms with Gasteiger partial charge in [0.25, 0.3) is 0 Å². The molecule has 0 radical (unpaired) electrons. The third kappa shape index (κ3) is 2.69. The van der Waals surface area contributed by atoms with Gasteiger partial charge < -0.3 is 9.84 Å². The highest BCUT2D eigenvalue weighted by atomic mass is 32.1. The third-order valence-electron chi connectivity index (χ3n) is 3.24. The largest absolute Gasteiger partial charge is 0.469 e. The van der Waals surface area contributed by atoms with E-state index in [-0.39, 0.29) is 18.0 Å². The molecule has 4 heteroatoms. The molecule has 0 saturated heterocycles. The van der Waals surface area contributed by atoms with Crippen LogP contribution in [0.1, 0.15) is 41.2 Å². The summed E-state index contributed by atoms with van der Waals surface area (Å²) in [7, 11) is 1.42. The first-order valence-corrected chi connectivity index (χ1v) is 6.81. The van der Waals surface area contributed by atoms with Gasteiger partial charge in [-0.3, -0.25) is 4.79 Å². The van der Waals surface area contributed by atoms with Gasteiger partial charge in [-0.05, 0) is 37.3 Å². The number of ether oxygens (including phenoxy) is 1. The van der Waals surface area contributed by atoms with Crippen molar-refractivity contribution in [3.05, 3.63) is 21.4 Å². The van der Waals surface area contributed by atoms with E-state index in [1.807, 2.05) is 6.92 Å². The number of aryl methyl sites for hydroxylation is 1. The van der Waals surface area contributed by atoms with Crippen LogP contribution >= 0.6 is 11.3 Å². The number of carbonyl (C=O) groups is 1. The molecule has 0 fully saturated rings. The number of hydrogen-bond donors (Lipinski definition) is 1. The second-order valence-corrected chi connectivity index (χ2v) is 5.85. The van der Waals surface area contributed by atoms with E-state index < -0.39 is 0 Å². The summed E-state index contributed by atoms with van der Waals surface area (Å²) < 4.78 is 4.72. The Labute approximate surface area is 105 Å². The van der Waals surface area contributed by atoms with E-state index in [1.54, 1.807) is 11.3 Å². The zero-order valence-electron chi connectivity index (χ0n) is 10.2. The minimum absolute atomic E-state index is 0.114. The number of hydrogen-bond acceptors (Lipinski definition) is 4. The van der Waals surface area contributed by atoms with Crippen molar-refractivity contribution in [3.8, 4) is 0 Å². The number of fused-ring (bicyclic) bond motifs is 1. The number of aliphatic hydroxyl groups is 1. The fraction of sp³-hybridized carbons (Fsp3) is 0.615. The lowest BCUT2D eigenvalue weighted by Crippen LogP contribution is -2.14. The lowest BCUT2D eigenvalue weighted by molar-refractivity contribution is -0.144. The van der Waals surface area contributed by atoms with Gasteiger partial charge in [0, 0.05) is 9.75 Å². The summed E-state index contributed by atoms with van der Waals surface area (Å²) in [6, 6.07) is 2.06. The van der Waals surface area contributed by atoms with Crippen LogP contribution in [0.4, 0.5) is 0 Å². The molecule has 1 aromatic heterocycles. The van der Waals surface area contributed by atoms with E-state index in [9.17, 15) is 9.90 Å². The van der Waals surface area contributed by atoms with Crippen LogP contribution in [-0.2, 0) is 22.4 Å². The number of thiophene rings is 1. The van der Waals surface area contributed by atoms with Gasteiger partial charge in [-0.25, -0.2) is 0 Å². The smallest absolute Gasteiger partial charge is 0.308 e. The molecule has 1 aromatic rings. The Bertz CT molecular complexity index is 411. The van der Waals surface area contributed by atoms with E-state index in [2.05, 4.69) is 6.07 Å². The van der Waals surface area contributed by atoms with Crippen molar-refractivity contribution in [3.63, 3.8) is 0 Å². The van der Waals surface area contributed by atoms with E-state index in [0.29, 0.717) is 6.42 Å². The molecule has 0 bridgehead atoms. The van der Waals surface area contributed by atoms with E-state index >= 15 is 0 Å². The Balaban J connectivity index is 2.10. The fourth-order valence-electron chi connectivity index (χ4n) is 2.28. The predicted molar refractivity (Wildman–Crippen MR) is 67.1 cm³/mol.